The minimum absolute atomic E-state index is 0.201. The number of anilines is 2. The number of nitriles is 1. The third kappa shape index (κ3) is 3.66. The van der Waals surface area contributed by atoms with Crippen molar-refractivity contribution in [1.29, 1.82) is 5.26 Å². The Morgan fingerprint density at radius 2 is 1.62 bits per heavy atom. The first-order valence-electron chi connectivity index (χ1n) is 9.79. The molecule has 0 radical (unpaired) electrons. The molecule has 0 bridgehead atoms. The van der Waals surface area contributed by atoms with Crippen molar-refractivity contribution in [2.45, 2.75) is 46.5 Å². The molecule has 0 unspecified atom stereocenters. The Hall–Kier alpha value is -3.39. The monoisotopic (exact) mass is 386 g/mol. The molecule has 1 aliphatic rings. The van der Waals surface area contributed by atoms with E-state index in [1.54, 1.807) is 6.92 Å². The number of nitrogen functional groups attached to an aromatic ring is 1. The van der Waals surface area contributed by atoms with E-state index in [2.05, 4.69) is 38.9 Å². The van der Waals surface area contributed by atoms with Gasteiger partial charge in [0.25, 0.3) is 5.91 Å². The molecule has 5 heteroatoms. The van der Waals surface area contributed by atoms with Gasteiger partial charge in [0.1, 0.15) is 6.07 Å². The molecule has 2 aromatic carbocycles. The Morgan fingerprint density at radius 3 is 2.10 bits per heavy atom. The summed E-state index contributed by atoms with van der Waals surface area (Å²) in [5, 5.41) is 15.8. The van der Waals surface area contributed by atoms with Gasteiger partial charge in [-0.15, -0.1) is 0 Å². The number of hydrogen-bond donors (Lipinski definition) is 1. The van der Waals surface area contributed by atoms with Crippen LogP contribution in [-0.2, 0) is 4.79 Å². The molecule has 0 atom stereocenters. The molecule has 1 amide bonds. The number of nitrogens with zero attached hydrogens (tertiary/aromatic N) is 3. The fraction of sp³-hybridized carbons (Fsp3) is 0.292. The highest BCUT2D eigenvalue weighted by atomic mass is 16.2. The summed E-state index contributed by atoms with van der Waals surface area (Å²) in [5.41, 5.74) is 11.7. The van der Waals surface area contributed by atoms with Crippen LogP contribution in [0.4, 0.5) is 11.4 Å². The fourth-order valence-electron chi connectivity index (χ4n) is 3.60. The number of carbonyl (C=O) groups is 1. The number of hydrogen-bond acceptors (Lipinski definition) is 4. The number of para-hydroxylation sites is 1. The number of carbonyl (C=O) groups excluding carboxylic acids is 1. The van der Waals surface area contributed by atoms with Crippen LogP contribution in [-0.4, -0.2) is 11.6 Å². The smallest absolute Gasteiger partial charge is 0.281 e. The molecule has 5 nitrogen and oxygen atoms in total. The molecule has 2 N–H and O–H groups in total. The lowest BCUT2D eigenvalue weighted by Crippen LogP contribution is -2.22. The topological polar surface area (TPSA) is 82.5 Å². The Labute approximate surface area is 172 Å². The molecule has 1 heterocycles. The average Bonchev–Trinajstić information content (AvgIpc) is 2.98. The maximum absolute atomic E-state index is 13.2. The maximum Gasteiger partial charge on any atom is 0.281 e. The second-order valence-electron chi connectivity index (χ2n) is 7.88. The first-order chi connectivity index (χ1) is 13.8. The van der Waals surface area contributed by atoms with Gasteiger partial charge in [-0.25, -0.2) is 0 Å². The molecule has 0 aliphatic carbocycles. The molecule has 0 spiro atoms. The maximum atomic E-state index is 13.2. The molecule has 3 rings (SSSR count). The van der Waals surface area contributed by atoms with Gasteiger partial charge in [-0.05, 0) is 59.7 Å². The van der Waals surface area contributed by atoms with Crippen LogP contribution in [0.15, 0.2) is 53.1 Å². The Kier molecular flexibility index (Phi) is 5.56. The van der Waals surface area contributed by atoms with Crippen LogP contribution in [0, 0.1) is 11.3 Å². The number of nitrogens with two attached hydrogens (primary N) is 1. The number of allylic oxidation sites excluding steroid dienone is 1. The normalized spacial score (nSPS) is 15.7. The van der Waals surface area contributed by atoms with Crippen molar-refractivity contribution >= 4 is 28.6 Å². The van der Waals surface area contributed by atoms with E-state index in [0.717, 1.165) is 16.8 Å². The second-order valence-corrected chi connectivity index (χ2v) is 7.88. The Bertz CT molecular complexity index is 1030. The zero-order valence-corrected chi connectivity index (χ0v) is 17.5. The minimum atomic E-state index is -0.292. The lowest BCUT2D eigenvalue weighted by Gasteiger charge is -2.19. The second kappa shape index (κ2) is 7.92. The van der Waals surface area contributed by atoms with Crippen molar-refractivity contribution in [3.8, 4) is 6.07 Å². The summed E-state index contributed by atoms with van der Waals surface area (Å²) >= 11 is 0. The van der Waals surface area contributed by atoms with Crippen LogP contribution < -0.4 is 10.7 Å². The molecular weight excluding hydrogens is 360 g/mol. The van der Waals surface area contributed by atoms with E-state index in [-0.39, 0.29) is 17.7 Å². The van der Waals surface area contributed by atoms with E-state index in [1.165, 1.54) is 5.01 Å². The quantitative estimate of drug-likeness (QED) is 0.444. The van der Waals surface area contributed by atoms with Gasteiger partial charge in [0.05, 0.1) is 22.5 Å². The zero-order valence-electron chi connectivity index (χ0n) is 17.5. The number of rotatable bonds is 4. The average molecular weight is 386 g/mol. The summed E-state index contributed by atoms with van der Waals surface area (Å²) in [6.45, 7) is 10.1. The third-order valence-corrected chi connectivity index (χ3v) is 5.16. The van der Waals surface area contributed by atoms with Crippen LogP contribution in [0.1, 0.15) is 63.1 Å². The number of amides is 1. The SMILES string of the molecule is CC1=NN(c2ccccc2)C(=O)/C1=C(\C#N)c1cc(C(C)C)c(N)c(C(C)C)c1. The van der Waals surface area contributed by atoms with Crippen molar-refractivity contribution in [2.75, 3.05) is 10.7 Å². The Balaban J connectivity index is 2.20. The molecule has 0 saturated carbocycles. The Morgan fingerprint density at radius 1 is 1.07 bits per heavy atom. The zero-order chi connectivity index (χ0) is 21.3. The summed E-state index contributed by atoms with van der Waals surface area (Å²) in [6, 6.07) is 15.3. The van der Waals surface area contributed by atoms with Crippen molar-refractivity contribution in [1.82, 2.24) is 0 Å². The molecule has 148 valence electrons. The third-order valence-electron chi connectivity index (χ3n) is 5.16. The van der Waals surface area contributed by atoms with Gasteiger partial charge in [-0.1, -0.05) is 45.9 Å². The summed E-state index contributed by atoms with van der Waals surface area (Å²) in [5.74, 6) is 0.110. The lowest BCUT2D eigenvalue weighted by atomic mass is 9.87. The van der Waals surface area contributed by atoms with Crippen LogP contribution in [0.5, 0.6) is 0 Å². The predicted molar refractivity (Wildman–Crippen MR) is 119 cm³/mol. The molecule has 0 aromatic heterocycles. The molecular formula is C24H26N4O. The van der Waals surface area contributed by atoms with Gasteiger partial charge >= 0.3 is 0 Å². The van der Waals surface area contributed by atoms with Gasteiger partial charge in [0.15, 0.2) is 0 Å². The summed E-state index contributed by atoms with van der Waals surface area (Å²) < 4.78 is 0. The first-order valence-corrected chi connectivity index (χ1v) is 9.79. The molecule has 0 saturated heterocycles. The van der Waals surface area contributed by atoms with E-state index in [0.29, 0.717) is 28.1 Å². The van der Waals surface area contributed by atoms with Crippen LogP contribution in [0.25, 0.3) is 5.57 Å². The van der Waals surface area contributed by atoms with E-state index in [4.69, 9.17) is 5.73 Å². The molecule has 1 aliphatic heterocycles. The van der Waals surface area contributed by atoms with Crippen LogP contribution >= 0.6 is 0 Å². The van der Waals surface area contributed by atoms with Gasteiger partial charge in [0.2, 0.25) is 0 Å². The van der Waals surface area contributed by atoms with Crippen molar-refractivity contribution in [3.05, 3.63) is 64.7 Å². The number of hydrazone groups is 1. The highest BCUT2D eigenvalue weighted by Gasteiger charge is 2.32. The largest absolute Gasteiger partial charge is 0.398 e. The molecule has 2 aromatic rings. The lowest BCUT2D eigenvalue weighted by molar-refractivity contribution is -0.114. The highest BCUT2D eigenvalue weighted by Crippen LogP contribution is 2.36. The van der Waals surface area contributed by atoms with Crippen molar-refractivity contribution in [3.63, 3.8) is 0 Å². The van der Waals surface area contributed by atoms with Gasteiger partial charge in [0, 0.05) is 5.69 Å². The molecule has 29 heavy (non-hydrogen) atoms. The fourth-order valence-corrected chi connectivity index (χ4v) is 3.60. The summed E-state index contributed by atoms with van der Waals surface area (Å²) in [7, 11) is 0. The molecule has 0 fully saturated rings. The van der Waals surface area contributed by atoms with E-state index >= 15 is 0 Å². The number of benzene rings is 2. The highest BCUT2D eigenvalue weighted by molar-refractivity contribution is 6.34. The van der Waals surface area contributed by atoms with Gasteiger partial charge < -0.3 is 5.73 Å². The van der Waals surface area contributed by atoms with Gasteiger partial charge in [-0.3, -0.25) is 4.79 Å². The minimum Gasteiger partial charge on any atom is -0.398 e. The van der Waals surface area contributed by atoms with E-state index < -0.39 is 0 Å². The van der Waals surface area contributed by atoms with Crippen molar-refractivity contribution < 1.29 is 4.79 Å². The van der Waals surface area contributed by atoms with Crippen LogP contribution in [0.3, 0.4) is 0 Å². The van der Waals surface area contributed by atoms with Crippen molar-refractivity contribution in [2.24, 2.45) is 5.10 Å². The first kappa shape index (κ1) is 20.3. The van der Waals surface area contributed by atoms with E-state index in [1.807, 2.05) is 42.5 Å². The van der Waals surface area contributed by atoms with Crippen LogP contribution in [0.2, 0.25) is 0 Å². The predicted octanol–water partition coefficient (Wildman–Crippen LogP) is 5.22. The summed E-state index contributed by atoms with van der Waals surface area (Å²) in [4.78, 5) is 13.2. The van der Waals surface area contributed by atoms with E-state index in [9.17, 15) is 10.1 Å². The van der Waals surface area contributed by atoms with Gasteiger partial charge in [-0.2, -0.15) is 15.4 Å². The summed E-state index contributed by atoms with van der Waals surface area (Å²) in [6.07, 6.45) is 0. The standard InChI is InChI=1S/C24H26N4O/c1-14(2)19-11-17(12-20(15(3)4)23(19)26)21(13-25)22-16(5)27-28(24(22)29)18-9-7-6-8-10-18/h6-12,14-15H,26H2,1-5H3/b22-21+.